The van der Waals surface area contributed by atoms with Gasteiger partial charge in [-0.15, -0.1) is 0 Å². The van der Waals surface area contributed by atoms with Crippen LogP contribution in [0.25, 0.3) is 0 Å². The lowest BCUT2D eigenvalue weighted by atomic mass is 9.99. The zero-order chi connectivity index (χ0) is 12.5. The number of carbonyl (C=O) groups excluding carboxylic acids is 1. The molecule has 0 aliphatic rings. The maximum Gasteiger partial charge on any atom is 0.407 e. The summed E-state index contributed by atoms with van der Waals surface area (Å²) in [5.41, 5.74) is 0.0369. The van der Waals surface area contributed by atoms with Crippen LogP contribution in [0, 0.1) is 11.3 Å². The van der Waals surface area contributed by atoms with Crippen LogP contribution < -0.4 is 5.32 Å². The molecule has 0 fully saturated rings. The van der Waals surface area contributed by atoms with Gasteiger partial charge in [0.05, 0.1) is 6.61 Å². The summed E-state index contributed by atoms with van der Waals surface area (Å²) < 4.78 is 5.01. The number of ether oxygens (including phenoxy) is 1. The molecule has 15 heavy (non-hydrogen) atoms. The Morgan fingerprint density at radius 1 is 1.27 bits per heavy atom. The molecule has 0 aromatic rings. The SMILES string of the molecule is CC.CC(C)CNC(=O)OCC(C)(C)C. The van der Waals surface area contributed by atoms with Crippen molar-refractivity contribution in [2.24, 2.45) is 11.3 Å². The molecule has 0 saturated heterocycles. The Morgan fingerprint density at radius 3 is 2.07 bits per heavy atom. The Bertz CT molecular complexity index is 159. The van der Waals surface area contributed by atoms with Gasteiger partial charge in [-0.1, -0.05) is 48.5 Å². The summed E-state index contributed by atoms with van der Waals surface area (Å²) in [5.74, 6) is 0.460. The summed E-state index contributed by atoms with van der Waals surface area (Å²) in [6.45, 7) is 15.3. The Labute approximate surface area is 94.6 Å². The first kappa shape index (κ1) is 16.7. The van der Waals surface area contributed by atoms with Gasteiger partial charge in [-0.3, -0.25) is 0 Å². The fraction of sp³-hybridized carbons (Fsp3) is 0.917. The first-order valence-corrected chi connectivity index (χ1v) is 5.72. The molecule has 0 atom stereocenters. The van der Waals surface area contributed by atoms with E-state index in [9.17, 15) is 4.79 Å². The van der Waals surface area contributed by atoms with E-state index in [0.29, 0.717) is 19.1 Å². The van der Waals surface area contributed by atoms with Gasteiger partial charge < -0.3 is 10.1 Å². The van der Waals surface area contributed by atoms with E-state index in [1.807, 2.05) is 48.5 Å². The standard InChI is InChI=1S/C10H21NO2.C2H6/c1-8(2)6-11-9(12)13-7-10(3,4)5;1-2/h8H,6-7H2,1-5H3,(H,11,12);1-2H3. The molecule has 0 aliphatic heterocycles. The van der Waals surface area contributed by atoms with Crippen molar-refractivity contribution in [3.8, 4) is 0 Å². The summed E-state index contributed by atoms with van der Waals surface area (Å²) in [6, 6.07) is 0. The molecule has 0 radical (unpaired) electrons. The third-order valence-corrected chi connectivity index (χ3v) is 1.29. The molecule has 0 aromatic heterocycles. The Kier molecular flexibility index (Phi) is 9.53. The van der Waals surface area contributed by atoms with E-state index in [-0.39, 0.29) is 11.5 Å². The van der Waals surface area contributed by atoms with Crippen LogP contribution in [0.2, 0.25) is 0 Å². The normalized spacial score (nSPS) is 10.4. The van der Waals surface area contributed by atoms with Gasteiger partial charge in [0, 0.05) is 6.54 Å². The number of alkyl carbamates (subject to hydrolysis) is 1. The van der Waals surface area contributed by atoms with E-state index in [0.717, 1.165) is 0 Å². The third-order valence-electron chi connectivity index (χ3n) is 1.29. The smallest absolute Gasteiger partial charge is 0.407 e. The van der Waals surface area contributed by atoms with Crippen LogP contribution in [0.4, 0.5) is 4.79 Å². The fourth-order valence-corrected chi connectivity index (χ4v) is 0.621. The van der Waals surface area contributed by atoms with Crippen LogP contribution in [0.3, 0.4) is 0 Å². The van der Waals surface area contributed by atoms with Gasteiger partial charge in [0.15, 0.2) is 0 Å². The monoisotopic (exact) mass is 217 g/mol. The molecule has 0 aliphatic carbocycles. The zero-order valence-corrected chi connectivity index (χ0v) is 11.3. The van der Waals surface area contributed by atoms with E-state index < -0.39 is 0 Å². The number of nitrogens with one attached hydrogen (secondary N) is 1. The molecule has 0 spiro atoms. The second-order valence-corrected chi connectivity index (χ2v) is 4.91. The predicted molar refractivity (Wildman–Crippen MR) is 65.0 cm³/mol. The minimum atomic E-state index is -0.316. The molecule has 3 heteroatoms. The summed E-state index contributed by atoms with van der Waals surface area (Å²) in [6.07, 6.45) is -0.316. The summed E-state index contributed by atoms with van der Waals surface area (Å²) in [7, 11) is 0. The van der Waals surface area contributed by atoms with Crippen LogP contribution in [-0.4, -0.2) is 19.2 Å². The van der Waals surface area contributed by atoms with E-state index in [1.54, 1.807) is 0 Å². The van der Waals surface area contributed by atoms with Gasteiger partial charge in [0.2, 0.25) is 0 Å². The molecule has 0 saturated carbocycles. The van der Waals surface area contributed by atoms with Crippen LogP contribution >= 0.6 is 0 Å². The summed E-state index contributed by atoms with van der Waals surface area (Å²) in [4.78, 5) is 11.1. The van der Waals surface area contributed by atoms with Crippen molar-refractivity contribution in [2.75, 3.05) is 13.2 Å². The molecule has 0 heterocycles. The van der Waals surface area contributed by atoms with Gasteiger partial charge in [-0.05, 0) is 11.3 Å². The van der Waals surface area contributed by atoms with Gasteiger partial charge in [-0.2, -0.15) is 0 Å². The number of hydrogen-bond donors (Lipinski definition) is 1. The molecule has 0 aromatic carbocycles. The summed E-state index contributed by atoms with van der Waals surface area (Å²) >= 11 is 0. The zero-order valence-electron chi connectivity index (χ0n) is 11.3. The molecule has 3 nitrogen and oxygen atoms in total. The summed E-state index contributed by atoms with van der Waals surface area (Å²) in [5, 5.41) is 2.69. The predicted octanol–water partition coefficient (Wildman–Crippen LogP) is 3.44. The minimum absolute atomic E-state index is 0.0369. The molecule has 1 N–H and O–H groups in total. The average Bonchev–Trinajstić information content (AvgIpc) is 2.13. The van der Waals surface area contributed by atoms with Crippen molar-refractivity contribution < 1.29 is 9.53 Å². The van der Waals surface area contributed by atoms with Gasteiger partial charge >= 0.3 is 6.09 Å². The Hall–Kier alpha value is -0.730. The number of amides is 1. The number of rotatable bonds is 3. The average molecular weight is 217 g/mol. The first-order valence-electron chi connectivity index (χ1n) is 5.72. The highest BCUT2D eigenvalue weighted by molar-refractivity contribution is 5.67. The Morgan fingerprint density at radius 2 is 1.73 bits per heavy atom. The highest BCUT2D eigenvalue weighted by atomic mass is 16.5. The van der Waals surface area contributed by atoms with Gasteiger partial charge in [-0.25, -0.2) is 4.79 Å². The van der Waals surface area contributed by atoms with E-state index in [4.69, 9.17) is 4.74 Å². The molecule has 92 valence electrons. The van der Waals surface area contributed by atoms with Crippen LogP contribution in [0.15, 0.2) is 0 Å². The van der Waals surface area contributed by atoms with Crippen molar-refractivity contribution in [1.29, 1.82) is 0 Å². The molecule has 0 rings (SSSR count). The second kappa shape index (κ2) is 8.57. The van der Waals surface area contributed by atoms with E-state index in [1.165, 1.54) is 0 Å². The Balaban J connectivity index is 0. The third kappa shape index (κ3) is 16.0. The van der Waals surface area contributed by atoms with E-state index >= 15 is 0 Å². The molecule has 0 bridgehead atoms. The maximum atomic E-state index is 11.1. The van der Waals surface area contributed by atoms with E-state index in [2.05, 4.69) is 5.32 Å². The maximum absolute atomic E-state index is 11.1. The highest BCUT2D eigenvalue weighted by Gasteiger charge is 2.13. The topological polar surface area (TPSA) is 38.3 Å². The van der Waals surface area contributed by atoms with Crippen molar-refractivity contribution in [1.82, 2.24) is 5.32 Å². The molecule has 1 amide bonds. The van der Waals surface area contributed by atoms with Crippen LogP contribution in [0.1, 0.15) is 48.5 Å². The number of hydrogen-bond acceptors (Lipinski definition) is 2. The van der Waals surface area contributed by atoms with Gasteiger partial charge in [0.25, 0.3) is 0 Å². The first-order chi connectivity index (χ1) is 6.81. The van der Waals surface area contributed by atoms with Crippen LogP contribution in [-0.2, 0) is 4.74 Å². The van der Waals surface area contributed by atoms with Crippen LogP contribution in [0.5, 0.6) is 0 Å². The lowest BCUT2D eigenvalue weighted by Crippen LogP contribution is -2.30. The van der Waals surface area contributed by atoms with Crippen molar-refractivity contribution in [3.63, 3.8) is 0 Å². The molecular formula is C12H27NO2. The fourth-order valence-electron chi connectivity index (χ4n) is 0.621. The highest BCUT2D eigenvalue weighted by Crippen LogP contribution is 2.12. The minimum Gasteiger partial charge on any atom is -0.449 e. The van der Waals surface area contributed by atoms with Crippen molar-refractivity contribution in [2.45, 2.75) is 48.5 Å². The van der Waals surface area contributed by atoms with Crippen molar-refractivity contribution >= 4 is 6.09 Å². The molecule has 0 unspecified atom stereocenters. The second-order valence-electron chi connectivity index (χ2n) is 4.91. The number of carbonyl (C=O) groups is 1. The lowest BCUT2D eigenvalue weighted by Gasteiger charge is -2.18. The lowest BCUT2D eigenvalue weighted by molar-refractivity contribution is 0.105. The van der Waals surface area contributed by atoms with Gasteiger partial charge in [0.1, 0.15) is 0 Å². The van der Waals surface area contributed by atoms with Crippen molar-refractivity contribution in [3.05, 3.63) is 0 Å². The molecular weight excluding hydrogens is 190 g/mol. The quantitative estimate of drug-likeness (QED) is 0.786. The largest absolute Gasteiger partial charge is 0.449 e.